The molecular weight excluding hydrogens is 234 g/mol. The minimum Gasteiger partial charge on any atom is -0.394 e. The molecule has 17 heavy (non-hydrogen) atoms. The van der Waals surface area contributed by atoms with Crippen LogP contribution >= 0.6 is 11.3 Å². The van der Waals surface area contributed by atoms with E-state index in [9.17, 15) is 9.90 Å². The summed E-state index contributed by atoms with van der Waals surface area (Å²) in [5, 5.41) is 12.4. The highest BCUT2D eigenvalue weighted by atomic mass is 32.1. The zero-order valence-electron chi connectivity index (χ0n) is 10.5. The summed E-state index contributed by atoms with van der Waals surface area (Å²) >= 11 is 1.63. The van der Waals surface area contributed by atoms with Gasteiger partial charge in [0.1, 0.15) is 0 Å². The number of thiophene rings is 1. The summed E-state index contributed by atoms with van der Waals surface area (Å²) in [5.41, 5.74) is 0.284. The molecule has 2 N–H and O–H groups in total. The standard InChI is InChI=1S/C13H19NO2S/c1-8-6-11(9(2)17-8)12(16)14-13(3,7-15)10-4-5-10/h6,10,15H,4-5,7H2,1-3H3,(H,14,16). The smallest absolute Gasteiger partial charge is 0.252 e. The lowest BCUT2D eigenvalue weighted by molar-refractivity contribution is 0.0824. The van der Waals surface area contributed by atoms with Gasteiger partial charge in [0.25, 0.3) is 5.91 Å². The molecule has 1 aliphatic rings. The Kier molecular flexibility index (Phi) is 3.27. The van der Waals surface area contributed by atoms with Crippen LogP contribution < -0.4 is 5.32 Å². The zero-order chi connectivity index (χ0) is 12.6. The van der Waals surface area contributed by atoms with Crippen molar-refractivity contribution in [2.24, 2.45) is 5.92 Å². The minimum atomic E-state index is -0.459. The Morgan fingerprint density at radius 1 is 1.59 bits per heavy atom. The molecule has 1 atom stereocenters. The van der Waals surface area contributed by atoms with Crippen LogP contribution in [0.25, 0.3) is 0 Å². The molecule has 0 bridgehead atoms. The third-order valence-electron chi connectivity index (χ3n) is 3.49. The fourth-order valence-electron chi connectivity index (χ4n) is 2.17. The number of nitrogens with one attached hydrogen (secondary N) is 1. The predicted octanol–water partition coefficient (Wildman–Crippen LogP) is 2.26. The molecule has 1 aliphatic carbocycles. The van der Waals surface area contributed by atoms with Crippen molar-refractivity contribution in [2.45, 2.75) is 39.2 Å². The Labute approximate surface area is 106 Å². The van der Waals surface area contributed by atoms with Gasteiger partial charge in [-0.3, -0.25) is 4.79 Å². The first-order valence-electron chi connectivity index (χ1n) is 5.96. The summed E-state index contributed by atoms with van der Waals surface area (Å²) in [6, 6.07) is 1.92. The quantitative estimate of drug-likeness (QED) is 0.864. The Balaban J connectivity index is 2.13. The molecule has 1 fully saturated rings. The van der Waals surface area contributed by atoms with Crippen LogP contribution in [0.3, 0.4) is 0 Å². The van der Waals surface area contributed by atoms with Crippen LogP contribution in [0.1, 0.15) is 39.9 Å². The number of aliphatic hydroxyl groups excluding tert-OH is 1. The molecule has 3 nitrogen and oxygen atoms in total. The highest BCUT2D eigenvalue weighted by molar-refractivity contribution is 7.12. The van der Waals surface area contributed by atoms with E-state index in [0.29, 0.717) is 5.92 Å². The fourth-order valence-corrected chi connectivity index (χ4v) is 3.10. The Bertz CT molecular complexity index is 437. The second kappa shape index (κ2) is 4.42. The molecule has 1 aromatic heterocycles. The van der Waals surface area contributed by atoms with Crippen LogP contribution in [0.4, 0.5) is 0 Å². The summed E-state index contributed by atoms with van der Waals surface area (Å²) in [6.07, 6.45) is 2.19. The lowest BCUT2D eigenvalue weighted by Crippen LogP contribution is -2.50. The van der Waals surface area contributed by atoms with Gasteiger partial charge >= 0.3 is 0 Å². The van der Waals surface area contributed by atoms with Gasteiger partial charge in [0, 0.05) is 9.75 Å². The summed E-state index contributed by atoms with van der Waals surface area (Å²) in [5.74, 6) is 0.367. The Hall–Kier alpha value is -0.870. The molecule has 0 aliphatic heterocycles. The summed E-state index contributed by atoms with van der Waals surface area (Å²) in [6.45, 7) is 5.89. The van der Waals surface area contributed by atoms with E-state index in [1.165, 1.54) is 0 Å². The molecule has 0 saturated heterocycles. The van der Waals surface area contributed by atoms with E-state index in [0.717, 1.165) is 28.2 Å². The molecule has 1 saturated carbocycles. The van der Waals surface area contributed by atoms with E-state index >= 15 is 0 Å². The maximum Gasteiger partial charge on any atom is 0.252 e. The lowest BCUT2D eigenvalue weighted by Gasteiger charge is -2.28. The SMILES string of the molecule is Cc1cc(C(=O)NC(C)(CO)C2CC2)c(C)s1. The average Bonchev–Trinajstić information content (AvgIpc) is 3.05. The number of rotatable bonds is 4. The molecule has 1 heterocycles. The van der Waals surface area contributed by atoms with E-state index in [2.05, 4.69) is 5.32 Å². The zero-order valence-corrected chi connectivity index (χ0v) is 11.4. The fraction of sp³-hybridized carbons (Fsp3) is 0.615. The summed E-state index contributed by atoms with van der Waals surface area (Å²) in [7, 11) is 0. The van der Waals surface area contributed by atoms with Crippen molar-refractivity contribution in [3.8, 4) is 0 Å². The van der Waals surface area contributed by atoms with Gasteiger partial charge in [-0.05, 0) is 45.6 Å². The van der Waals surface area contributed by atoms with Crippen LogP contribution in [0.15, 0.2) is 6.07 Å². The van der Waals surface area contributed by atoms with Crippen molar-refractivity contribution in [1.82, 2.24) is 5.32 Å². The van der Waals surface area contributed by atoms with Crippen molar-refractivity contribution in [3.05, 3.63) is 21.4 Å². The number of aryl methyl sites for hydroxylation is 2. The first-order valence-corrected chi connectivity index (χ1v) is 6.78. The number of hydrogen-bond donors (Lipinski definition) is 2. The summed E-state index contributed by atoms with van der Waals surface area (Å²) in [4.78, 5) is 14.4. The van der Waals surface area contributed by atoms with Crippen LogP contribution in [0, 0.1) is 19.8 Å². The first-order chi connectivity index (χ1) is 7.96. The Morgan fingerprint density at radius 2 is 2.24 bits per heavy atom. The van der Waals surface area contributed by atoms with E-state index < -0.39 is 5.54 Å². The topological polar surface area (TPSA) is 49.3 Å². The monoisotopic (exact) mass is 253 g/mol. The lowest BCUT2D eigenvalue weighted by atomic mass is 9.96. The number of aliphatic hydroxyl groups is 1. The van der Waals surface area contributed by atoms with Gasteiger partial charge in [0.2, 0.25) is 0 Å². The third-order valence-corrected chi connectivity index (χ3v) is 4.46. The molecule has 0 aromatic carbocycles. The average molecular weight is 253 g/mol. The number of hydrogen-bond acceptors (Lipinski definition) is 3. The van der Waals surface area contributed by atoms with Crippen molar-refractivity contribution in [1.29, 1.82) is 0 Å². The van der Waals surface area contributed by atoms with E-state index in [1.54, 1.807) is 11.3 Å². The second-order valence-corrected chi connectivity index (χ2v) is 6.59. The van der Waals surface area contributed by atoms with Crippen molar-refractivity contribution >= 4 is 17.2 Å². The first kappa shape index (κ1) is 12.6. The molecule has 0 spiro atoms. The number of carbonyl (C=O) groups excluding carboxylic acids is 1. The Morgan fingerprint density at radius 3 is 2.65 bits per heavy atom. The molecule has 1 unspecified atom stereocenters. The highest BCUT2D eigenvalue weighted by Gasteiger charge is 2.42. The molecule has 0 radical (unpaired) electrons. The second-order valence-electron chi connectivity index (χ2n) is 5.13. The van der Waals surface area contributed by atoms with Gasteiger partial charge in [0.15, 0.2) is 0 Å². The van der Waals surface area contributed by atoms with Crippen molar-refractivity contribution in [2.75, 3.05) is 6.61 Å². The van der Waals surface area contributed by atoms with Crippen LogP contribution in [-0.4, -0.2) is 23.2 Å². The molecule has 2 rings (SSSR count). The third kappa shape index (κ3) is 2.53. The van der Waals surface area contributed by atoms with Gasteiger partial charge in [-0.15, -0.1) is 11.3 Å². The molecule has 4 heteroatoms. The molecule has 1 aromatic rings. The minimum absolute atomic E-state index is 0.00553. The van der Waals surface area contributed by atoms with Gasteiger partial charge in [0.05, 0.1) is 17.7 Å². The highest BCUT2D eigenvalue weighted by Crippen LogP contribution is 2.39. The predicted molar refractivity (Wildman–Crippen MR) is 69.5 cm³/mol. The van der Waals surface area contributed by atoms with Crippen molar-refractivity contribution in [3.63, 3.8) is 0 Å². The molecular formula is C13H19NO2S. The van der Waals surface area contributed by atoms with E-state index in [-0.39, 0.29) is 12.5 Å². The van der Waals surface area contributed by atoms with E-state index in [1.807, 2.05) is 26.8 Å². The van der Waals surface area contributed by atoms with Gasteiger partial charge in [-0.1, -0.05) is 0 Å². The van der Waals surface area contributed by atoms with Gasteiger partial charge in [-0.25, -0.2) is 0 Å². The maximum atomic E-state index is 12.2. The van der Waals surface area contributed by atoms with Crippen molar-refractivity contribution < 1.29 is 9.90 Å². The molecule has 94 valence electrons. The summed E-state index contributed by atoms with van der Waals surface area (Å²) < 4.78 is 0. The van der Waals surface area contributed by atoms with Gasteiger partial charge in [-0.2, -0.15) is 0 Å². The van der Waals surface area contributed by atoms with Crippen LogP contribution in [-0.2, 0) is 0 Å². The van der Waals surface area contributed by atoms with E-state index in [4.69, 9.17) is 0 Å². The van der Waals surface area contributed by atoms with Crippen LogP contribution in [0.2, 0.25) is 0 Å². The van der Waals surface area contributed by atoms with Crippen LogP contribution in [0.5, 0.6) is 0 Å². The largest absolute Gasteiger partial charge is 0.394 e. The maximum absolute atomic E-state index is 12.2. The number of carbonyl (C=O) groups is 1. The molecule has 1 amide bonds. The van der Waals surface area contributed by atoms with Gasteiger partial charge < -0.3 is 10.4 Å². The normalized spacial score (nSPS) is 18.8. The number of amides is 1.